The van der Waals surface area contributed by atoms with Gasteiger partial charge in [0.25, 0.3) is 5.91 Å². The van der Waals surface area contributed by atoms with Crippen LogP contribution in [0.2, 0.25) is 0 Å². The first-order valence-electron chi connectivity index (χ1n) is 6.69. The topological polar surface area (TPSA) is 81.5 Å². The Kier molecular flexibility index (Phi) is 4.37. The van der Waals surface area contributed by atoms with E-state index >= 15 is 0 Å². The van der Waals surface area contributed by atoms with Crippen LogP contribution in [-0.4, -0.2) is 47.7 Å². The molecule has 3 amide bonds. The van der Waals surface area contributed by atoms with Crippen LogP contribution in [0.3, 0.4) is 0 Å². The van der Waals surface area contributed by atoms with Gasteiger partial charge in [0.15, 0.2) is 5.78 Å². The normalized spacial score (nSPS) is 15.2. The molecule has 6 heteroatoms. The maximum atomic E-state index is 11.9. The summed E-state index contributed by atoms with van der Waals surface area (Å²) in [4.78, 5) is 37.8. The van der Waals surface area contributed by atoms with E-state index in [2.05, 4.69) is 0 Å². The fourth-order valence-corrected chi connectivity index (χ4v) is 2.11. The molecule has 0 radical (unpaired) electrons. The number of imide groups is 1. The second kappa shape index (κ2) is 6.22. The molecule has 1 aromatic rings. The van der Waals surface area contributed by atoms with Gasteiger partial charge in [-0.3, -0.25) is 14.5 Å². The fraction of sp³-hybridized carbons (Fsp3) is 0.250. The van der Waals surface area contributed by atoms with Gasteiger partial charge in [-0.15, -0.1) is 0 Å². The molecule has 1 saturated heterocycles. The number of nitrogens with zero attached hydrogens (tertiary/aromatic N) is 3. The van der Waals surface area contributed by atoms with Crippen molar-refractivity contribution in [1.29, 1.82) is 5.26 Å². The molecule has 112 valence electrons. The summed E-state index contributed by atoms with van der Waals surface area (Å²) < 4.78 is 0. The molecule has 1 aliphatic heterocycles. The Hall–Kier alpha value is -2.94. The van der Waals surface area contributed by atoms with Gasteiger partial charge in [-0.1, -0.05) is 12.1 Å². The minimum Gasteiger partial charge on any atom is -0.318 e. The zero-order chi connectivity index (χ0) is 16.3. The van der Waals surface area contributed by atoms with Crippen LogP contribution in [0.15, 0.2) is 29.8 Å². The first-order chi connectivity index (χ1) is 10.4. The SMILES string of the molecule is CC(=O)/C(=C/c1ccc(C#N)cc1)CN1C(=O)CN(C)C1=O. The molecule has 1 heterocycles. The molecule has 0 saturated carbocycles. The molecule has 0 spiro atoms. The predicted octanol–water partition coefficient (Wildman–Crippen LogP) is 1.42. The number of nitriles is 1. The van der Waals surface area contributed by atoms with Crippen LogP contribution in [-0.2, 0) is 9.59 Å². The lowest BCUT2D eigenvalue weighted by molar-refractivity contribution is -0.125. The molecule has 0 N–H and O–H groups in total. The summed E-state index contributed by atoms with van der Waals surface area (Å²) in [6.07, 6.45) is 1.63. The van der Waals surface area contributed by atoms with Crippen LogP contribution in [0.5, 0.6) is 0 Å². The maximum absolute atomic E-state index is 11.9. The van der Waals surface area contributed by atoms with Gasteiger partial charge in [0.2, 0.25) is 0 Å². The van der Waals surface area contributed by atoms with Gasteiger partial charge in [-0.2, -0.15) is 5.26 Å². The third-order valence-corrected chi connectivity index (χ3v) is 3.39. The van der Waals surface area contributed by atoms with Crippen LogP contribution in [0.4, 0.5) is 4.79 Å². The number of amides is 3. The van der Waals surface area contributed by atoms with E-state index in [0.717, 1.165) is 10.5 Å². The molecule has 1 fully saturated rings. The number of urea groups is 1. The molecule has 0 unspecified atom stereocenters. The van der Waals surface area contributed by atoms with Gasteiger partial charge in [0, 0.05) is 12.6 Å². The Morgan fingerprint density at radius 1 is 1.32 bits per heavy atom. The van der Waals surface area contributed by atoms with Crippen molar-refractivity contribution in [2.24, 2.45) is 0 Å². The molecule has 0 aliphatic carbocycles. The van der Waals surface area contributed by atoms with Crippen LogP contribution < -0.4 is 0 Å². The molecule has 22 heavy (non-hydrogen) atoms. The van der Waals surface area contributed by atoms with E-state index in [0.29, 0.717) is 11.1 Å². The Balaban J connectivity index is 2.25. The van der Waals surface area contributed by atoms with Gasteiger partial charge in [-0.05, 0) is 30.7 Å². The molecule has 6 nitrogen and oxygen atoms in total. The summed E-state index contributed by atoms with van der Waals surface area (Å²) in [5.74, 6) is -0.529. The molecule has 1 aromatic carbocycles. The molecule has 0 atom stereocenters. The molecular weight excluding hydrogens is 282 g/mol. The lowest BCUT2D eigenvalue weighted by Crippen LogP contribution is -2.34. The third-order valence-electron chi connectivity index (χ3n) is 3.39. The van der Waals surface area contributed by atoms with Crippen molar-refractivity contribution in [3.63, 3.8) is 0 Å². The first kappa shape index (κ1) is 15.4. The van der Waals surface area contributed by atoms with Crippen molar-refractivity contribution in [2.45, 2.75) is 6.92 Å². The van der Waals surface area contributed by atoms with Crippen LogP contribution in [0.25, 0.3) is 6.08 Å². The first-order valence-corrected chi connectivity index (χ1v) is 6.69. The molecule has 1 aliphatic rings. The molecule has 0 aromatic heterocycles. The number of rotatable bonds is 4. The lowest BCUT2D eigenvalue weighted by atomic mass is 10.1. The molecular formula is C16H15N3O3. The van der Waals surface area contributed by atoms with E-state index in [1.807, 2.05) is 6.07 Å². The number of carbonyl (C=O) groups is 3. The number of Topliss-reactive ketones (excluding diaryl/α,β-unsaturated/α-hetero) is 1. The average molecular weight is 297 g/mol. The fourth-order valence-electron chi connectivity index (χ4n) is 2.11. The van der Waals surface area contributed by atoms with Crippen LogP contribution in [0, 0.1) is 11.3 Å². The predicted molar refractivity (Wildman–Crippen MR) is 79.6 cm³/mol. The van der Waals surface area contributed by atoms with Gasteiger partial charge >= 0.3 is 6.03 Å². The minimum atomic E-state index is -0.406. The van der Waals surface area contributed by atoms with Crippen molar-refractivity contribution < 1.29 is 14.4 Å². The van der Waals surface area contributed by atoms with Gasteiger partial charge in [-0.25, -0.2) is 4.79 Å². The van der Waals surface area contributed by atoms with Crippen molar-refractivity contribution in [3.8, 4) is 6.07 Å². The van der Waals surface area contributed by atoms with Gasteiger partial charge in [0.1, 0.15) is 6.54 Å². The average Bonchev–Trinajstić information content (AvgIpc) is 2.73. The van der Waals surface area contributed by atoms with Crippen LogP contribution in [0.1, 0.15) is 18.1 Å². The second-order valence-corrected chi connectivity index (χ2v) is 5.08. The summed E-state index contributed by atoms with van der Waals surface area (Å²) in [6, 6.07) is 8.31. The molecule has 2 rings (SSSR count). The smallest absolute Gasteiger partial charge is 0.318 e. The van der Waals surface area contributed by atoms with E-state index in [-0.39, 0.29) is 24.8 Å². The zero-order valence-corrected chi connectivity index (χ0v) is 12.4. The number of ketones is 1. The van der Waals surface area contributed by atoms with Gasteiger partial charge in [0.05, 0.1) is 18.2 Å². The number of hydrogen-bond acceptors (Lipinski definition) is 4. The summed E-state index contributed by atoms with van der Waals surface area (Å²) in [6.45, 7) is 1.38. The summed E-state index contributed by atoms with van der Waals surface area (Å²) in [7, 11) is 1.54. The van der Waals surface area contributed by atoms with Gasteiger partial charge < -0.3 is 4.90 Å². The summed E-state index contributed by atoms with van der Waals surface area (Å²) in [5, 5.41) is 8.77. The Morgan fingerprint density at radius 2 is 1.95 bits per heavy atom. The van der Waals surface area contributed by atoms with Crippen LogP contribution >= 0.6 is 0 Å². The highest BCUT2D eigenvalue weighted by Gasteiger charge is 2.34. The van der Waals surface area contributed by atoms with Crippen molar-refractivity contribution in [3.05, 3.63) is 41.0 Å². The quantitative estimate of drug-likeness (QED) is 0.622. The summed E-state index contributed by atoms with van der Waals surface area (Å²) >= 11 is 0. The van der Waals surface area contributed by atoms with Crippen molar-refractivity contribution in [1.82, 2.24) is 9.80 Å². The number of benzene rings is 1. The highest BCUT2D eigenvalue weighted by Crippen LogP contribution is 2.15. The molecule has 0 bridgehead atoms. The monoisotopic (exact) mass is 297 g/mol. The Morgan fingerprint density at radius 3 is 2.41 bits per heavy atom. The number of likely N-dealkylation sites (N-methyl/N-ethyl adjacent to an activating group) is 1. The third kappa shape index (κ3) is 3.20. The second-order valence-electron chi connectivity index (χ2n) is 5.08. The maximum Gasteiger partial charge on any atom is 0.327 e. The highest BCUT2D eigenvalue weighted by atomic mass is 16.2. The zero-order valence-electron chi connectivity index (χ0n) is 12.4. The largest absolute Gasteiger partial charge is 0.327 e. The number of carbonyl (C=O) groups excluding carboxylic acids is 3. The minimum absolute atomic E-state index is 0.0287. The van der Waals surface area contributed by atoms with E-state index in [9.17, 15) is 14.4 Å². The number of hydrogen-bond donors (Lipinski definition) is 0. The highest BCUT2D eigenvalue weighted by molar-refractivity contribution is 6.05. The van der Waals surface area contributed by atoms with E-state index in [1.165, 1.54) is 18.9 Å². The summed E-state index contributed by atoms with van der Waals surface area (Å²) in [5.41, 5.74) is 1.62. The Labute approximate surface area is 128 Å². The van der Waals surface area contributed by atoms with Crippen molar-refractivity contribution >= 4 is 23.8 Å². The standard InChI is InChI=1S/C16H15N3O3/c1-11(20)14(7-12-3-5-13(8-17)6-4-12)9-19-15(21)10-18(2)16(19)22/h3-7H,9-10H2,1-2H3/b14-7+. The Bertz CT molecular complexity index is 698. The van der Waals surface area contributed by atoms with Crippen molar-refractivity contribution in [2.75, 3.05) is 20.1 Å². The van der Waals surface area contributed by atoms with E-state index in [4.69, 9.17) is 5.26 Å². The van der Waals surface area contributed by atoms with E-state index in [1.54, 1.807) is 30.3 Å². The van der Waals surface area contributed by atoms with E-state index < -0.39 is 6.03 Å². The lowest BCUT2D eigenvalue weighted by Gasteiger charge is -2.15.